The van der Waals surface area contributed by atoms with E-state index in [9.17, 15) is 4.79 Å². The van der Waals surface area contributed by atoms with E-state index in [4.69, 9.17) is 5.26 Å². The number of nitriles is 1. The first-order valence-electron chi connectivity index (χ1n) is 3.39. The normalized spacial score (nSPS) is 9.09. The van der Waals surface area contributed by atoms with Crippen molar-refractivity contribution in [3.63, 3.8) is 0 Å². The highest BCUT2D eigenvalue weighted by atomic mass is 16.1. The molecular formula is C8H8N2O. The number of hydrogen-bond acceptors (Lipinski definition) is 2. The topological polar surface area (TPSA) is 56.6 Å². The number of H-pyrrole nitrogens is 1. The van der Waals surface area contributed by atoms with Crippen LogP contribution in [0.2, 0.25) is 0 Å². The number of aryl methyl sites for hydroxylation is 1. The predicted molar refractivity (Wildman–Crippen MR) is 40.3 cm³/mol. The molecule has 1 rings (SSSR count). The minimum absolute atomic E-state index is 0.448. The average Bonchev–Trinajstić information content (AvgIpc) is 2.46. The summed E-state index contributed by atoms with van der Waals surface area (Å²) in [4.78, 5) is 13.2. The Balaban J connectivity index is 3.14. The van der Waals surface area contributed by atoms with Crippen molar-refractivity contribution < 1.29 is 4.79 Å². The van der Waals surface area contributed by atoms with Gasteiger partial charge in [-0.05, 0) is 12.5 Å². The van der Waals surface area contributed by atoms with Crippen LogP contribution in [0.25, 0.3) is 0 Å². The maximum absolute atomic E-state index is 10.4. The monoisotopic (exact) mass is 148 g/mol. The lowest BCUT2D eigenvalue weighted by molar-refractivity contribution is 0.112. The molecule has 1 aromatic rings. The summed E-state index contributed by atoms with van der Waals surface area (Å²) in [5.74, 6) is 0. The van der Waals surface area contributed by atoms with E-state index in [-0.39, 0.29) is 0 Å². The van der Waals surface area contributed by atoms with Crippen molar-refractivity contribution in [2.75, 3.05) is 0 Å². The number of rotatable bonds is 2. The Bertz CT molecular complexity index is 306. The Hall–Kier alpha value is -1.56. The van der Waals surface area contributed by atoms with E-state index in [0.29, 0.717) is 11.3 Å². The van der Waals surface area contributed by atoms with E-state index in [1.54, 1.807) is 6.07 Å². The standard InChI is InChI=1S/C8H8N2O/c1-2-8-6(5-11)3-7(4-9)10-8/h3,5,10H,2H2,1H3. The molecule has 3 nitrogen and oxygen atoms in total. The molecule has 0 spiro atoms. The number of carbonyl (C=O) groups is 1. The van der Waals surface area contributed by atoms with E-state index < -0.39 is 0 Å². The van der Waals surface area contributed by atoms with Crippen molar-refractivity contribution in [2.24, 2.45) is 0 Å². The molecule has 0 aliphatic carbocycles. The largest absolute Gasteiger partial charge is 0.350 e. The molecule has 0 bridgehead atoms. The molecule has 1 aromatic heterocycles. The Morgan fingerprint density at radius 2 is 2.55 bits per heavy atom. The third-order valence-electron chi connectivity index (χ3n) is 1.53. The number of aldehydes is 1. The van der Waals surface area contributed by atoms with E-state index in [2.05, 4.69) is 4.98 Å². The van der Waals surface area contributed by atoms with Gasteiger partial charge in [0.2, 0.25) is 0 Å². The summed E-state index contributed by atoms with van der Waals surface area (Å²) in [5.41, 5.74) is 1.87. The number of hydrogen-bond donors (Lipinski definition) is 1. The summed E-state index contributed by atoms with van der Waals surface area (Å²) < 4.78 is 0. The first-order chi connectivity index (χ1) is 5.31. The molecule has 0 aromatic carbocycles. The summed E-state index contributed by atoms with van der Waals surface area (Å²) in [6.07, 6.45) is 1.51. The molecule has 0 amide bonds. The quantitative estimate of drug-likeness (QED) is 0.642. The molecule has 1 heterocycles. The molecule has 3 heteroatoms. The highest BCUT2D eigenvalue weighted by Gasteiger charge is 2.03. The minimum atomic E-state index is 0.448. The summed E-state index contributed by atoms with van der Waals surface area (Å²) in [5, 5.41) is 8.47. The smallest absolute Gasteiger partial charge is 0.151 e. The molecular weight excluding hydrogens is 140 g/mol. The second-order valence-electron chi connectivity index (χ2n) is 2.20. The van der Waals surface area contributed by atoms with Crippen LogP contribution in [0.15, 0.2) is 6.07 Å². The van der Waals surface area contributed by atoms with Crippen LogP contribution in [0.1, 0.15) is 28.7 Å². The van der Waals surface area contributed by atoms with Crippen LogP contribution in [-0.2, 0) is 6.42 Å². The third-order valence-corrected chi connectivity index (χ3v) is 1.53. The Labute approximate surface area is 64.7 Å². The van der Waals surface area contributed by atoms with Crippen molar-refractivity contribution in [3.8, 4) is 6.07 Å². The van der Waals surface area contributed by atoms with Gasteiger partial charge in [-0.1, -0.05) is 6.92 Å². The fourth-order valence-corrected chi connectivity index (χ4v) is 0.971. The van der Waals surface area contributed by atoms with Crippen LogP contribution < -0.4 is 0 Å². The molecule has 1 N–H and O–H groups in total. The van der Waals surface area contributed by atoms with Gasteiger partial charge in [0.1, 0.15) is 11.8 Å². The highest BCUT2D eigenvalue weighted by Crippen LogP contribution is 2.07. The molecule has 0 atom stereocenters. The molecule has 0 fully saturated rings. The van der Waals surface area contributed by atoms with Gasteiger partial charge in [0.15, 0.2) is 6.29 Å². The van der Waals surface area contributed by atoms with Gasteiger partial charge in [0.25, 0.3) is 0 Å². The zero-order chi connectivity index (χ0) is 8.27. The fourth-order valence-electron chi connectivity index (χ4n) is 0.971. The molecule has 0 aliphatic rings. The van der Waals surface area contributed by atoms with Gasteiger partial charge >= 0.3 is 0 Å². The van der Waals surface area contributed by atoms with Crippen LogP contribution >= 0.6 is 0 Å². The lowest BCUT2D eigenvalue weighted by Crippen LogP contribution is -1.85. The number of aromatic amines is 1. The number of carbonyl (C=O) groups excluding carboxylic acids is 1. The Morgan fingerprint density at radius 1 is 1.82 bits per heavy atom. The summed E-state index contributed by atoms with van der Waals surface area (Å²) in [6.45, 7) is 1.93. The Kier molecular flexibility index (Phi) is 2.07. The second kappa shape index (κ2) is 3.02. The zero-order valence-electron chi connectivity index (χ0n) is 6.22. The van der Waals surface area contributed by atoms with Gasteiger partial charge in [0, 0.05) is 11.3 Å². The first-order valence-corrected chi connectivity index (χ1v) is 3.39. The van der Waals surface area contributed by atoms with Crippen LogP contribution in [0, 0.1) is 11.3 Å². The second-order valence-corrected chi connectivity index (χ2v) is 2.20. The molecule has 56 valence electrons. The van der Waals surface area contributed by atoms with E-state index in [0.717, 1.165) is 18.4 Å². The first kappa shape index (κ1) is 7.55. The highest BCUT2D eigenvalue weighted by molar-refractivity contribution is 5.77. The Morgan fingerprint density at radius 3 is 2.91 bits per heavy atom. The number of nitrogens with zero attached hydrogens (tertiary/aromatic N) is 1. The average molecular weight is 148 g/mol. The van der Waals surface area contributed by atoms with Gasteiger partial charge in [0.05, 0.1) is 0 Å². The van der Waals surface area contributed by atoms with Crippen LogP contribution in [-0.4, -0.2) is 11.3 Å². The van der Waals surface area contributed by atoms with Crippen LogP contribution in [0.4, 0.5) is 0 Å². The van der Waals surface area contributed by atoms with E-state index >= 15 is 0 Å². The van der Waals surface area contributed by atoms with E-state index in [1.165, 1.54) is 0 Å². The van der Waals surface area contributed by atoms with Crippen molar-refractivity contribution in [2.45, 2.75) is 13.3 Å². The predicted octanol–water partition coefficient (Wildman–Crippen LogP) is 1.26. The van der Waals surface area contributed by atoms with Gasteiger partial charge in [-0.2, -0.15) is 5.26 Å². The lowest BCUT2D eigenvalue weighted by Gasteiger charge is -1.88. The number of nitrogens with one attached hydrogen (secondary N) is 1. The minimum Gasteiger partial charge on any atom is -0.350 e. The van der Waals surface area contributed by atoms with Crippen LogP contribution in [0.5, 0.6) is 0 Å². The van der Waals surface area contributed by atoms with Gasteiger partial charge in [-0.15, -0.1) is 0 Å². The summed E-state index contributed by atoms with van der Waals surface area (Å²) in [6, 6.07) is 3.50. The van der Waals surface area contributed by atoms with E-state index in [1.807, 2.05) is 13.0 Å². The van der Waals surface area contributed by atoms with Crippen molar-refractivity contribution >= 4 is 6.29 Å². The molecule has 0 saturated heterocycles. The number of aromatic nitrogens is 1. The van der Waals surface area contributed by atoms with Gasteiger partial charge < -0.3 is 4.98 Å². The van der Waals surface area contributed by atoms with Crippen molar-refractivity contribution in [1.82, 2.24) is 4.98 Å². The molecule has 0 unspecified atom stereocenters. The van der Waals surface area contributed by atoms with Crippen LogP contribution in [0.3, 0.4) is 0 Å². The van der Waals surface area contributed by atoms with Gasteiger partial charge in [-0.25, -0.2) is 0 Å². The maximum Gasteiger partial charge on any atom is 0.151 e. The third kappa shape index (κ3) is 1.30. The summed E-state index contributed by atoms with van der Waals surface area (Å²) >= 11 is 0. The lowest BCUT2D eigenvalue weighted by atomic mass is 10.2. The van der Waals surface area contributed by atoms with Crippen molar-refractivity contribution in [3.05, 3.63) is 23.0 Å². The fraction of sp³-hybridized carbons (Fsp3) is 0.250. The SMILES string of the molecule is CCc1[nH]c(C#N)cc1C=O. The summed E-state index contributed by atoms with van der Waals surface area (Å²) in [7, 11) is 0. The maximum atomic E-state index is 10.4. The zero-order valence-corrected chi connectivity index (χ0v) is 6.22. The van der Waals surface area contributed by atoms with Crippen molar-refractivity contribution in [1.29, 1.82) is 5.26 Å². The molecule has 11 heavy (non-hydrogen) atoms. The molecule has 0 aliphatic heterocycles. The molecule has 0 radical (unpaired) electrons. The van der Waals surface area contributed by atoms with Gasteiger partial charge in [-0.3, -0.25) is 4.79 Å². The molecule has 0 saturated carbocycles.